The van der Waals surface area contributed by atoms with Crippen molar-refractivity contribution in [2.24, 2.45) is 5.92 Å². The quantitative estimate of drug-likeness (QED) is 0.859. The van der Waals surface area contributed by atoms with Crippen LogP contribution in [0.2, 0.25) is 0 Å². The number of carbonyl (C=O) groups excluding carboxylic acids is 1. The van der Waals surface area contributed by atoms with Gasteiger partial charge < -0.3 is 11.1 Å². The van der Waals surface area contributed by atoms with Crippen LogP contribution in [-0.2, 0) is 6.54 Å². The molecule has 0 saturated heterocycles. The summed E-state index contributed by atoms with van der Waals surface area (Å²) in [5.41, 5.74) is 6.61. The van der Waals surface area contributed by atoms with Crippen LogP contribution >= 0.6 is 0 Å². The summed E-state index contributed by atoms with van der Waals surface area (Å²) in [5.74, 6) is 0.641. The lowest BCUT2D eigenvalue weighted by Crippen LogP contribution is -2.37. The molecule has 0 radical (unpaired) electrons. The maximum Gasteiger partial charge on any atom is 0.274 e. The Bertz CT molecular complexity index is 419. The van der Waals surface area contributed by atoms with Crippen LogP contribution in [0.1, 0.15) is 50.0 Å². The molecule has 1 aliphatic rings. The average Bonchev–Trinajstić information content (AvgIpc) is 2.73. The number of anilines is 1. The molecule has 1 saturated carbocycles. The van der Waals surface area contributed by atoms with Gasteiger partial charge in [-0.05, 0) is 38.5 Å². The Morgan fingerprint density at radius 3 is 2.72 bits per heavy atom. The molecule has 1 amide bonds. The lowest BCUT2D eigenvalue weighted by Gasteiger charge is -2.26. The molecule has 3 N–H and O–H groups in total. The van der Waals surface area contributed by atoms with Gasteiger partial charge in [0.25, 0.3) is 5.91 Å². The van der Waals surface area contributed by atoms with Crippen molar-refractivity contribution in [2.45, 2.75) is 52.1 Å². The Morgan fingerprint density at radius 1 is 1.50 bits per heavy atom. The SMILES string of the molecule is CCn1cc(N)c(C(=O)NC2CCC(C)CC2)n1. The summed E-state index contributed by atoms with van der Waals surface area (Å²) in [4.78, 5) is 12.1. The van der Waals surface area contributed by atoms with Crippen LogP contribution in [0.3, 0.4) is 0 Å². The molecule has 1 aromatic heterocycles. The molecule has 0 unspecified atom stereocenters. The molecular formula is C13H22N4O. The van der Waals surface area contributed by atoms with Gasteiger partial charge in [0.2, 0.25) is 0 Å². The molecule has 100 valence electrons. The van der Waals surface area contributed by atoms with Crippen molar-refractivity contribution in [3.8, 4) is 0 Å². The zero-order valence-electron chi connectivity index (χ0n) is 11.1. The number of aryl methyl sites for hydroxylation is 1. The van der Waals surface area contributed by atoms with E-state index in [4.69, 9.17) is 5.73 Å². The van der Waals surface area contributed by atoms with Crippen molar-refractivity contribution in [3.05, 3.63) is 11.9 Å². The predicted molar refractivity (Wildman–Crippen MR) is 71.2 cm³/mol. The Hall–Kier alpha value is -1.52. The standard InChI is InChI=1S/C13H22N4O/c1-3-17-8-11(14)12(16-17)13(18)15-10-6-4-9(2)5-7-10/h8-10H,3-7,14H2,1-2H3,(H,15,18). The molecule has 0 aromatic carbocycles. The fourth-order valence-electron chi connectivity index (χ4n) is 2.43. The van der Waals surface area contributed by atoms with E-state index in [1.807, 2.05) is 6.92 Å². The normalized spacial score (nSPS) is 23.9. The third-order valence-corrected chi connectivity index (χ3v) is 3.68. The minimum absolute atomic E-state index is 0.140. The summed E-state index contributed by atoms with van der Waals surface area (Å²) in [5, 5.41) is 7.23. The molecule has 0 bridgehead atoms. The number of hydrogen-bond donors (Lipinski definition) is 2. The number of rotatable bonds is 3. The van der Waals surface area contributed by atoms with Gasteiger partial charge in [-0.2, -0.15) is 5.10 Å². The number of nitrogens with one attached hydrogen (secondary N) is 1. The molecule has 0 spiro atoms. The highest BCUT2D eigenvalue weighted by atomic mass is 16.2. The highest BCUT2D eigenvalue weighted by Crippen LogP contribution is 2.23. The van der Waals surface area contributed by atoms with Crippen molar-refractivity contribution in [1.29, 1.82) is 0 Å². The van der Waals surface area contributed by atoms with E-state index >= 15 is 0 Å². The number of nitrogen functional groups attached to an aromatic ring is 1. The van der Waals surface area contributed by atoms with Crippen LogP contribution in [0.4, 0.5) is 5.69 Å². The Kier molecular flexibility index (Phi) is 3.89. The molecule has 1 aliphatic carbocycles. The highest BCUT2D eigenvalue weighted by molar-refractivity contribution is 5.97. The van der Waals surface area contributed by atoms with Crippen LogP contribution in [-0.4, -0.2) is 21.7 Å². The van der Waals surface area contributed by atoms with E-state index in [0.29, 0.717) is 11.4 Å². The van der Waals surface area contributed by atoms with Gasteiger partial charge in [-0.1, -0.05) is 6.92 Å². The molecule has 0 atom stereocenters. The van der Waals surface area contributed by atoms with Crippen LogP contribution in [0.5, 0.6) is 0 Å². The first kappa shape index (κ1) is 12.9. The van der Waals surface area contributed by atoms with Crippen molar-refractivity contribution >= 4 is 11.6 Å². The molecule has 2 rings (SSSR count). The molecule has 0 aliphatic heterocycles. The van der Waals surface area contributed by atoms with Gasteiger partial charge in [-0.3, -0.25) is 9.48 Å². The van der Waals surface area contributed by atoms with E-state index < -0.39 is 0 Å². The van der Waals surface area contributed by atoms with Crippen molar-refractivity contribution in [2.75, 3.05) is 5.73 Å². The molecule has 5 nitrogen and oxygen atoms in total. The van der Waals surface area contributed by atoms with Crippen molar-refractivity contribution < 1.29 is 4.79 Å². The highest BCUT2D eigenvalue weighted by Gasteiger charge is 2.22. The van der Waals surface area contributed by atoms with Gasteiger partial charge in [0.05, 0.1) is 5.69 Å². The molecule has 1 heterocycles. The first-order valence-corrected chi connectivity index (χ1v) is 6.74. The second kappa shape index (κ2) is 5.42. The molecule has 18 heavy (non-hydrogen) atoms. The summed E-state index contributed by atoms with van der Waals surface area (Å²) in [6.45, 7) is 4.95. The van der Waals surface area contributed by atoms with Gasteiger partial charge in [0.15, 0.2) is 5.69 Å². The zero-order valence-corrected chi connectivity index (χ0v) is 11.1. The lowest BCUT2D eigenvalue weighted by atomic mass is 9.87. The summed E-state index contributed by atoms with van der Waals surface area (Å²) in [7, 11) is 0. The van der Waals surface area contributed by atoms with E-state index in [2.05, 4.69) is 17.3 Å². The van der Waals surface area contributed by atoms with E-state index in [1.165, 1.54) is 12.8 Å². The third-order valence-electron chi connectivity index (χ3n) is 3.68. The third kappa shape index (κ3) is 2.83. The number of nitrogens with two attached hydrogens (primary N) is 1. The molecule has 5 heteroatoms. The number of nitrogens with zero attached hydrogens (tertiary/aromatic N) is 2. The summed E-state index contributed by atoms with van der Waals surface area (Å²) in [6.07, 6.45) is 6.19. The van der Waals surface area contributed by atoms with Gasteiger partial charge in [0, 0.05) is 18.8 Å². The summed E-state index contributed by atoms with van der Waals surface area (Å²) >= 11 is 0. The Balaban J connectivity index is 1.96. The fraction of sp³-hybridized carbons (Fsp3) is 0.692. The monoisotopic (exact) mass is 250 g/mol. The Labute approximate surface area is 108 Å². The Morgan fingerprint density at radius 2 is 2.17 bits per heavy atom. The average molecular weight is 250 g/mol. The molecule has 1 aromatic rings. The zero-order chi connectivity index (χ0) is 13.1. The van der Waals surface area contributed by atoms with Gasteiger partial charge in [-0.25, -0.2) is 0 Å². The number of hydrogen-bond acceptors (Lipinski definition) is 3. The fourth-order valence-corrected chi connectivity index (χ4v) is 2.43. The van der Waals surface area contributed by atoms with E-state index in [-0.39, 0.29) is 11.9 Å². The number of aromatic nitrogens is 2. The minimum atomic E-state index is -0.140. The topological polar surface area (TPSA) is 72.9 Å². The largest absolute Gasteiger partial charge is 0.396 e. The molecule has 1 fully saturated rings. The van der Waals surface area contributed by atoms with Crippen molar-refractivity contribution in [3.63, 3.8) is 0 Å². The lowest BCUT2D eigenvalue weighted by molar-refractivity contribution is 0.0918. The van der Waals surface area contributed by atoms with Gasteiger partial charge in [-0.15, -0.1) is 0 Å². The van der Waals surface area contributed by atoms with Gasteiger partial charge >= 0.3 is 0 Å². The number of carbonyl (C=O) groups is 1. The summed E-state index contributed by atoms with van der Waals surface area (Å²) in [6, 6.07) is 0.278. The first-order chi connectivity index (χ1) is 8.60. The minimum Gasteiger partial charge on any atom is -0.396 e. The van der Waals surface area contributed by atoms with Crippen LogP contribution < -0.4 is 11.1 Å². The molecular weight excluding hydrogens is 228 g/mol. The predicted octanol–water partition coefficient (Wildman–Crippen LogP) is 1.79. The second-order valence-corrected chi connectivity index (χ2v) is 5.22. The maximum atomic E-state index is 12.1. The van der Waals surface area contributed by atoms with Crippen LogP contribution in [0.25, 0.3) is 0 Å². The maximum absolute atomic E-state index is 12.1. The summed E-state index contributed by atoms with van der Waals surface area (Å²) < 4.78 is 1.69. The second-order valence-electron chi connectivity index (χ2n) is 5.22. The van der Waals surface area contributed by atoms with E-state index in [1.54, 1.807) is 10.9 Å². The van der Waals surface area contributed by atoms with E-state index in [9.17, 15) is 4.79 Å². The van der Waals surface area contributed by atoms with E-state index in [0.717, 1.165) is 25.3 Å². The van der Waals surface area contributed by atoms with Crippen LogP contribution in [0, 0.1) is 5.92 Å². The van der Waals surface area contributed by atoms with Crippen LogP contribution in [0.15, 0.2) is 6.20 Å². The number of amides is 1. The van der Waals surface area contributed by atoms with Gasteiger partial charge in [0.1, 0.15) is 0 Å². The smallest absolute Gasteiger partial charge is 0.274 e. The van der Waals surface area contributed by atoms with Crippen molar-refractivity contribution in [1.82, 2.24) is 15.1 Å². The first-order valence-electron chi connectivity index (χ1n) is 6.74.